The first-order chi connectivity index (χ1) is 9.44. The van der Waals surface area contributed by atoms with Gasteiger partial charge in [0.2, 0.25) is 5.91 Å². The summed E-state index contributed by atoms with van der Waals surface area (Å²) in [6.07, 6.45) is 4.88. The summed E-state index contributed by atoms with van der Waals surface area (Å²) in [7, 11) is 0. The van der Waals surface area contributed by atoms with Crippen molar-refractivity contribution >= 4 is 5.91 Å². The van der Waals surface area contributed by atoms with Crippen LogP contribution >= 0.6 is 0 Å². The fourth-order valence-electron chi connectivity index (χ4n) is 3.17. The van der Waals surface area contributed by atoms with Crippen LogP contribution in [0.4, 0.5) is 0 Å². The standard InChI is InChI=1S/C16H31N3O/c1-16(2,3)17-11-14-7-6-8-18(12-14)13-15(20)19-9-4-5-10-19/h14,17H,4-13H2,1-3H3. The van der Waals surface area contributed by atoms with Gasteiger partial charge in [-0.25, -0.2) is 0 Å². The molecule has 4 nitrogen and oxygen atoms in total. The number of likely N-dealkylation sites (tertiary alicyclic amines) is 2. The molecule has 0 aromatic carbocycles. The van der Waals surface area contributed by atoms with Crippen molar-refractivity contribution in [3.05, 3.63) is 0 Å². The summed E-state index contributed by atoms with van der Waals surface area (Å²) in [6.45, 7) is 12.4. The van der Waals surface area contributed by atoms with Crippen LogP contribution in [0.2, 0.25) is 0 Å². The first-order valence-corrected chi connectivity index (χ1v) is 8.19. The highest BCUT2D eigenvalue weighted by molar-refractivity contribution is 5.78. The summed E-state index contributed by atoms with van der Waals surface area (Å²) in [5, 5.41) is 3.60. The predicted molar refractivity (Wildman–Crippen MR) is 82.7 cm³/mol. The maximum atomic E-state index is 12.2. The zero-order valence-corrected chi connectivity index (χ0v) is 13.5. The van der Waals surface area contributed by atoms with Gasteiger partial charge in [-0.1, -0.05) is 0 Å². The highest BCUT2D eigenvalue weighted by Gasteiger charge is 2.25. The van der Waals surface area contributed by atoms with E-state index in [0.717, 1.165) is 32.7 Å². The number of hydrogen-bond donors (Lipinski definition) is 1. The van der Waals surface area contributed by atoms with E-state index in [2.05, 4.69) is 31.0 Å². The Morgan fingerprint density at radius 1 is 1.15 bits per heavy atom. The van der Waals surface area contributed by atoms with Gasteiger partial charge in [-0.15, -0.1) is 0 Å². The Bertz CT molecular complexity index is 318. The molecule has 0 aliphatic carbocycles. The van der Waals surface area contributed by atoms with Gasteiger partial charge in [0.15, 0.2) is 0 Å². The lowest BCUT2D eigenvalue weighted by Gasteiger charge is -2.34. The molecule has 0 aromatic rings. The monoisotopic (exact) mass is 281 g/mol. The Hall–Kier alpha value is -0.610. The number of hydrogen-bond acceptors (Lipinski definition) is 3. The summed E-state index contributed by atoms with van der Waals surface area (Å²) in [5.74, 6) is 1.03. The summed E-state index contributed by atoms with van der Waals surface area (Å²) < 4.78 is 0. The lowest BCUT2D eigenvalue weighted by atomic mass is 9.96. The molecule has 1 atom stereocenters. The van der Waals surface area contributed by atoms with E-state index in [0.29, 0.717) is 18.4 Å². The number of piperidine rings is 1. The SMILES string of the molecule is CC(C)(C)NCC1CCCN(CC(=O)N2CCCC2)C1. The van der Waals surface area contributed by atoms with Gasteiger partial charge in [0, 0.05) is 25.2 Å². The van der Waals surface area contributed by atoms with Crippen LogP contribution in [0, 0.1) is 5.92 Å². The third-order valence-electron chi connectivity index (χ3n) is 4.34. The minimum absolute atomic E-state index is 0.188. The number of amides is 1. The zero-order chi connectivity index (χ0) is 14.6. The fraction of sp³-hybridized carbons (Fsp3) is 0.938. The zero-order valence-electron chi connectivity index (χ0n) is 13.5. The van der Waals surface area contributed by atoms with Crippen LogP contribution in [0.25, 0.3) is 0 Å². The molecule has 2 fully saturated rings. The second-order valence-corrected chi connectivity index (χ2v) is 7.46. The van der Waals surface area contributed by atoms with Gasteiger partial charge < -0.3 is 10.2 Å². The van der Waals surface area contributed by atoms with E-state index in [-0.39, 0.29) is 5.54 Å². The van der Waals surface area contributed by atoms with E-state index in [1.165, 1.54) is 25.7 Å². The summed E-state index contributed by atoms with van der Waals surface area (Å²) >= 11 is 0. The highest BCUT2D eigenvalue weighted by Crippen LogP contribution is 2.17. The van der Waals surface area contributed by atoms with Crippen molar-refractivity contribution in [2.24, 2.45) is 5.92 Å². The molecule has 2 rings (SSSR count). The third-order valence-corrected chi connectivity index (χ3v) is 4.34. The number of nitrogens with one attached hydrogen (secondary N) is 1. The second kappa shape index (κ2) is 6.90. The molecular weight excluding hydrogens is 250 g/mol. The summed E-state index contributed by atoms with van der Waals surface area (Å²) in [6, 6.07) is 0. The topological polar surface area (TPSA) is 35.6 Å². The van der Waals surface area contributed by atoms with Crippen molar-refractivity contribution in [2.75, 3.05) is 39.3 Å². The van der Waals surface area contributed by atoms with Crippen molar-refractivity contribution in [1.29, 1.82) is 0 Å². The normalized spacial score (nSPS) is 25.1. The summed E-state index contributed by atoms with van der Waals surface area (Å²) in [4.78, 5) is 16.6. The van der Waals surface area contributed by atoms with Crippen molar-refractivity contribution < 1.29 is 4.79 Å². The van der Waals surface area contributed by atoms with Gasteiger partial charge >= 0.3 is 0 Å². The van der Waals surface area contributed by atoms with E-state index < -0.39 is 0 Å². The largest absolute Gasteiger partial charge is 0.342 e. The molecule has 20 heavy (non-hydrogen) atoms. The first-order valence-electron chi connectivity index (χ1n) is 8.19. The molecule has 0 saturated carbocycles. The van der Waals surface area contributed by atoms with Gasteiger partial charge in [0.05, 0.1) is 6.54 Å². The van der Waals surface area contributed by atoms with Crippen LogP contribution in [0.1, 0.15) is 46.5 Å². The molecule has 1 N–H and O–H groups in total. The Morgan fingerprint density at radius 2 is 1.85 bits per heavy atom. The van der Waals surface area contributed by atoms with Crippen LogP contribution in [0.15, 0.2) is 0 Å². The minimum Gasteiger partial charge on any atom is -0.342 e. The van der Waals surface area contributed by atoms with Gasteiger partial charge in [-0.05, 0) is 65.5 Å². The van der Waals surface area contributed by atoms with Crippen LogP contribution in [0.5, 0.6) is 0 Å². The Balaban J connectivity index is 1.73. The first kappa shape index (κ1) is 15.8. The third kappa shape index (κ3) is 5.06. The Morgan fingerprint density at radius 3 is 2.50 bits per heavy atom. The van der Waals surface area contributed by atoms with Crippen LogP contribution in [0.3, 0.4) is 0 Å². The average Bonchev–Trinajstić information content (AvgIpc) is 2.90. The molecule has 0 bridgehead atoms. The molecule has 1 amide bonds. The minimum atomic E-state index is 0.188. The number of carbonyl (C=O) groups is 1. The molecule has 0 radical (unpaired) electrons. The van der Waals surface area contributed by atoms with E-state index in [1.807, 2.05) is 4.90 Å². The van der Waals surface area contributed by atoms with Crippen molar-refractivity contribution in [3.63, 3.8) is 0 Å². The number of carbonyl (C=O) groups excluding carboxylic acids is 1. The van der Waals surface area contributed by atoms with E-state index in [1.54, 1.807) is 0 Å². The average molecular weight is 281 g/mol. The quantitative estimate of drug-likeness (QED) is 0.852. The van der Waals surface area contributed by atoms with Gasteiger partial charge in [0.25, 0.3) is 0 Å². The molecule has 2 saturated heterocycles. The molecular formula is C16H31N3O. The van der Waals surface area contributed by atoms with E-state index >= 15 is 0 Å². The van der Waals surface area contributed by atoms with Crippen molar-refractivity contribution in [1.82, 2.24) is 15.1 Å². The maximum absolute atomic E-state index is 12.2. The predicted octanol–water partition coefficient (Wildman–Crippen LogP) is 1.71. The van der Waals surface area contributed by atoms with Gasteiger partial charge in [-0.2, -0.15) is 0 Å². The second-order valence-electron chi connectivity index (χ2n) is 7.46. The number of nitrogens with zero attached hydrogens (tertiary/aromatic N) is 2. The van der Waals surface area contributed by atoms with Crippen LogP contribution < -0.4 is 5.32 Å². The lowest BCUT2D eigenvalue weighted by Crippen LogP contribution is -2.47. The smallest absolute Gasteiger partial charge is 0.236 e. The van der Waals surface area contributed by atoms with Crippen LogP contribution in [-0.4, -0.2) is 60.5 Å². The molecule has 1 unspecified atom stereocenters. The molecule has 2 aliphatic rings. The molecule has 116 valence electrons. The molecule has 0 aromatic heterocycles. The van der Waals surface area contributed by atoms with Crippen LogP contribution in [-0.2, 0) is 4.79 Å². The number of rotatable bonds is 4. The molecule has 2 aliphatic heterocycles. The van der Waals surface area contributed by atoms with Gasteiger partial charge in [-0.3, -0.25) is 9.69 Å². The van der Waals surface area contributed by atoms with Crippen molar-refractivity contribution in [2.45, 2.75) is 52.0 Å². The highest BCUT2D eigenvalue weighted by atomic mass is 16.2. The lowest BCUT2D eigenvalue weighted by molar-refractivity contribution is -0.131. The van der Waals surface area contributed by atoms with Gasteiger partial charge in [0.1, 0.15) is 0 Å². The molecule has 0 spiro atoms. The Labute approximate surface area is 123 Å². The van der Waals surface area contributed by atoms with E-state index in [9.17, 15) is 4.79 Å². The molecule has 2 heterocycles. The van der Waals surface area contributed by atoms with E-state index in [4.69, 9.17) is 0 Å². The Kier molecular flexibility index (Phi) is 5.44. The van der Waals surface area contributed by atoms with Crippen molar-refractivity contribution in [3.8, 4) is 0 Å². The summed E-state index contributed by atoms with van der Waals surface area (Å²) in [5.41, 5.74) is 0.188. The fourth-order valence-corrected chi connectivity index (χ4v) is 3.17. The maximum Gasteiger partial charge on any atom is 0.236 e. The molecule has 4 heteroatoms.